The van der Waals surface area contributed by atoms with Gasteiger partial charge in [0.2, 0.25) is 0 Å². The Hall–Kier alpha value is -1.87. The molecule has 0 saturated heterocycles. The summed E-state index contributed by atoms with van der Waals surface area (Å²) in [6.07, 6.45) is 47.7. The van der Waals surface area contributed by atoms with Crippen LogP contribution in [0.5, 0.6) is 0 Å². The number of hydrogen-bond acceptors (Lipinski definition) is 2. The molecule has 0 amide bonds. The number of carboxylic acid groups (broad SMARTS) is 1. The lowest BCUT2D eigenvalue weighted by Crippen LogP contribution is -2.53. The molecule has 3 heteroatoms. The predicted octanol–water partition coefficient (Wildman–Crippen LogP) is 14.1. The Kier molecular flexibility index (Phi) is 20.4. The summed E-state index contributed by atoms with van der Waals surface area (Å²) in [5, 5.41) is 17.9. The van der Waals surface area contributed by atoms with E-state index in [-0.39, 0.29) is 0 Å². The fraction of sp³-hybridized carbons (Fsp3) is 0.776. The quantitative estimate of drug-likeness (QED) is 0.0748. The normalized spacial score (nSPS) is 31.7. The van der Waals surface area contributed by atoms with Crippen LogP contribution in [0.3, 0.4) is 0 Å². The van der Waals surface area contributed by atoms with Crippen molar-refractivity contribution < 1.29 is 15.0 Å². The van der Waals surface area contributed by atoms with Crippen molar-refractivity contribution in [1.82, 2.24) is 0 Å². The Morgan fingerprint density at radius 3 is 2.02 bits per heavy atom. The van der Waals surface area contributed by atoms with Crippen molar-refractivity contribution in [2.24, 2.45) is 58.2 Å². The smallest absolute Gasteiger partial charge is 0.328 e. The lowest BCUT2D eigenvalue weighted by atomic mass is 9.44. The summed E-state index contributed by atoms with van der Waals surface area (Å²) in [7, 11) is 0. The van der Waals surface area contributed by atoms with Crippen molar-refractivity contribution >= 4 is 5.97 Å². The van der Waals surface area contributed by atoms with Crippen molar-refractivity contribution in [2.45, 2.75) is 176 Å². The zero-order valence-corrected chi connectivity index (χ0v) is 34.8. The number of hydrogen-bond donors (Lipinski definition) is 2. The van der Waals surface area contributed by atoms with Crippen molar-refractivity contribution in [3.8, 4) is 0 Å². The Morgan fingerprint density at radius 2 is 1.35 bits per heavy atom. The van der Waals surface area contributed by atoms with Gasteiger partial charge in [0.05, 0.1) is 0 Å². The molecule has 0 aromatic heterocycles. The van der Waals surface area contributed by atoms with Crippen LogP contribution in [0.2, 0.25) is 0 Å². The van der Waals surface area contributed by atoms with Crippen LogP contribution in [-0.4, -0.2) is 22.8 Å². The van der Waals surface area contributed by atoms with Gasteiger partial charge in [-0.1, -0.05) is 154 Å². The third kappa shape index (κ3) is 13.5. The third-order valence-corrected chi connectivity index (χ3v) is 14.9. The van der Waals surface area contributed by atoms with E-state index in [9.17, 15) is 9.90 Å². The summed E-state index contributed by atoms with van der Waals surface area (Å²) in [4.78, 5) is 10.2. The molecule has 0 radical (unpaired) electrons. The van der Waals surface area contributed by atoms with Gasteiger partial charge < -0.3 is 10.2 Å². The minimum Gasteiger partial charge on any atom is -0.478 e. The molecule has 0 heterocycles. The first-order chi connectivity index (χ1) is 25.1. The molecule has 4 aliphatic rings. The molecule has 0 aliphatic heterocycles. The molecule has 0 aromatic rings. The van der Waals surface area contributed by atoms with Gasteiger partial charge in [-0.2, -0.15) is 0 Å². The van der Waals surface area contributed by atoms with Gasteiger partial charge in [0.15, 0.2) is 0 Å². The van der Waals surface area contributed by atoms with Crippen molar-refractivity contribution in [3.05, 3.63) is 60.8 Å². The average molecular weight is 719 g/mol. The summed E-state index contributed by atoms with van der Waals surface area (Å²) >= 11 is 0. The summed E-state index contributed by atoms with van der Waals surface area (Å²) in [6.45, 7) is 15.3. The zero-order chi connectivity index (χ0) is 37.8. The topological polar surface area (TPSA) is 57.5 Å². The third-order valence-electron chi connectivity index (χ3n) is 14.9. The molecular formula is C49H82O3. The maximum Gasteiger partial charge on any atom is 0.328 e. The monoisotopic (exact) mass is 719 g/mol. The molecule has 4 fully saturated rings. The summed E-state index contributed by atoms with van der Waals surface area (Å²) in [5.41, 5.74) is 1.30. The van der Waals surface area contributed by atoms with Gasteiger partial charge in [0, 0.05) is 12.7 Å². The van der Waals surface area contributed by atoms with Crippen molar-refractivity contribution in [2.75, 3.05) is 6.61 Å². The number of fused-ring (bicyclic) bond motifs is 5. The highest BCUT2D eigenvalue weighted by atomic mass is 16.4. The molecule has 2 N–H and O–H groups in total. The van der Waals surface area contributed by atoms with E-state index in [2.05, 4.69) is 53.7 Å². The second kappa shape index (κ2) is 23.8. The van der Waals surface area contributed by atoms with Gasteiger partial charge in [-0.25, -0.2) is 4.79 Å². The second-order valence-corrected chi connectivity index (χ2v) is 18.4. The van der Waals surface area contributed by atoms with Gasteiger partial charge in [0.1, 0.15) is 0 Å². The highest BCUT2D eigenvalue weighted by molar-refractivity contribution is 5.80. The van der Waals surface area contributed by atoms with Crippen molar-refractivity contribution in [3.63, 3.8) is 0 Å². The Balaban J connectivity index is 0.000000297. The fourth-order valence-corrected chi connectivity index (χ4v) is 11.8. The van der Waals surface area contributed by atoms with Crippen LogP contribution < -0.4 is 0 Å². The molecule has 0 spiro atoms. The van der Waals surface area contributed by atoms with E-state index in [4.69, 9.17) is 5.11 Å². The zero-order valence-electron chi connectivity index (χ0n) is 34.8. The lowest BCUT2D eigenvalue weighted by Gasteiger charge is -2.61. The highest BCUT2D eigenvalue weighted by Crippen LogP contribution is 2.68. The highest BCUT2D eigenvalue weighted by Gasteiger charge is 2.60. The van der Waals surface area contributed by atoms with Crippen LogP contribution in [0, 0.1) is 58.2 Å². The molecule has 1 unspecified atom stereocenters. The number of aliphatic carboxylic acids is 1. The van der Waals surface area contributed by atoms with Gasteiger partial charge in [-0.15, -0.1) is 0 Å². The van der Waals surface area contributed by atoms with Gasteiger partial charge in [-0.05, 0) is 135 Å². The van der Waals surface area contributed by atoms with Crippen LogP contribution in [0.15, 0.2) is 60.8 Å². The number of carbonyl (C=O) groups is 1. The van der Waals surface area contributed by atoms with Gasteiger partial charge in [0.25, 0.3) is 0 Å². The standard InChI is InChI=1S/C29H52O.C20H30O2/c1-20(2)22(16-19-30)10-9-21(3)25-13-14-26-24-12-11-23-8-6-7-17-28(23,4)27(24)15-18-29(25,26)5;1-2-3-4-5-6-7-8-9-10-11-12-13-14-15-16-17-18-19-20(21)22/h20-27,30H,6-19H2,1-5H3;10-19H,2-9H2,1H3,(H,21,22)/t21-,22+,23?,24+,25-,26+,27+,28+,29-;/m1./s1. The van der Waals surface area contributed by atoms with E-state index >= 15 is 0 Å². The van der Waals surface area contributed by atoms with E-state index < -0.39 is 5.97 Å². The Bertz CT molecular complexity index is 1140. The number of unbranched alkanes of at least 4 members (excludes halogenated alkanes) is 7. The number of aliphatic hydroxyl groups is 1. The van der Waals surface area contributed by atoms with E-state index in [0.29, 0.717) is 29.3 Å². The van der Waals surface area contributed by atoms with Gasteiger partial charge in [-0.3, -0.25) is 0 Å². The molecular weight excluding hydrogens is 637 g/mol. The first kappa shape index (κ1) is 44.5. The second-order valence-electron chi connectivity index (χ2n) is 18.4. The van der Waals surface area contributed by atoms with Crippen LogP contribution in [-0.2, 0) is 4.79 Å². The maximum atomic E-state index is 10.2. The van der Waals surface area contributed by atoms with E-state index in [1.54, 1.807) is 25.0 Å². The predicted molar refractivity (Wildman–Crippen MR) is 224 cm³/mol. The molecule has 4 aliphatic carbocycles. The van der Waals surface area contributed by atoms with Crippen LogP contribution in [0.4, 0.5) is 0 Å². The minimum atomic E-state index is -0.931. The Labute approximate surface area is 322 Å². The van der Waals surface area contributed by atoms with Crippen LogP contribution in [0.25, 0.3) is 0 Å². The first-order valence-corrected chi connectivity index (χ1v) is 22.2. The van der Waals surface area contributed by atoms with E-state index in [1.165, 1.54) is 115 Å². The summed E-state index contributed by atoms with van der Waals surface area (Å²) in [5.74, 6) is 6.43. The average Bonchev–Trinajstić information content (AvgIpc) is 3.48. The molecule has 3 nitrogen and oxygen atoms in total. The van der Waals surface area contributed by atoms with E-state index in [0.717, 1.165) is 54.4 Å². The summed E-state index contributed by atoms with van der Waals surface area (Å²) in [6, 6.07) is 0. The maximum absolute atomic E-state index is 10.2. The van der Waals surface area contributed by atoms with Gasteiger partial charge >= 0.3 is 5.97 Å². The van der Waals surface area contributed by atoms with Crippen LogP contribution in [0.1, 0.15) is 176 Å². The molecule has 52 heavy (non-hydrogen) atoms. The first-order valence-electron chi connectivity index (χ1n) is 22.2. The SMILES string of the molecule is CC(C)[C@H](CCO)CC[C@@H](C)[C@H]1CC[C@H]2[C@@H]3CCC4CCCC[C@]4(C)[C@H]3CC[C@]12C.CCCCCCCCCC=CC=CC=CC=CC=CC(=O)O. The summed E-state index contributed by atoms with van der Waals surface area (Å²) < 4.78 is 0. The fourth-order valence-electron chi connectivity index (χ4n) is 11.8. The molecule has 296 valence electrons. The largest absolute Gasteiger partial charge is 0.478 e. The minimum absolute atomic E-state index is 0.364. The van der Waals surface area contributed by atoms with Crippen molar-refractivity contribution in [1.29, 1.82) is 0 Å². The molecule has 9 atom stereocenters. The number of rotatable bonds is 20. The Morgan fingerprint density at radius 1 is 0.692 bits per heavy atom. The molecule has 4 saturated carbocycles. The number of aliphatic hydroxyl groups excluding tert-OH is 1. The lowest BCUT2D eigenvalue weighted by molar-refractivity contribution is -0.131. The number of carboxylic acids is 1. The number of allylic oxidation sites excluding steroid dienone is 9. The molecule has 0 bridgehead atoms. The molecule has 0 aromatic carbocycles. The van der Waals surface area contributed by atoms with Crippen LogP contribution >= 0.6 is 0 Å². The van der Waals surface area contributed by atoms with E-state index in [1.807, 2.05) is 24.3 Å². The molecule has 4 rings (SSSR count).